The minimum atomic E-state index is -3.72. The molecule has 0 saturated carbocycles. The van der Waals surface area contributed by atoms with Gasteiger partial charge in [0.2, 0.25) is 15.9 Å². The molecule has 0 aromatic heterocycles. The zero-order chi connectivity index (χ0) is 25.5. The smallest absolute Gasteiger partial charge is 0.254 e. The lowest BCUT2D eigenvalue weighted by Crippen LogP contribution is -2.41. The maximum atomic E-state index is 12.7. The van der Waals surface area contributed by atoms with E-state index in [1.807, 2.05) is 24.3 Å². The summed E-state index contributed by atoms with van der Waals surface area (Å²) in [5.74, 6) is -0.556. The predicted molar refractivity (Wildman–Crippen MR) is 137 cm³/mol. The van der Waals surface area contributed by atoms with Crippen molar-refractivity contribution < 1.29 is 27.5 Å². The number of hydrogen-bond donors (Lipinski definition) is 1. The number of rotatable bonds is 8. The van der Waals surface area contributed by atoms with Crippen molar-refractivity contribution in [2.45, 2.75) is 6.54 Å². The second-order valence-electron chi connectivity index (χ2n) is 8.76. The number of amides is 2. The van der Waals surface area contributed by atoms with E-state index >= 15 is 0 Å². The Kier molecular flexibility index (Phi) is 8.44. The fourth-order valence-electron chi connectivity index (χ4n) is 4.15. The fraction of sp³-hybridized carbons (Fsp3) is 0.440. The van der Waals surface area contributed by atoms with Crippen LogP contribution in [0.3, 0.4) is 0 Å². The normalized spacial score (nSPS) is 16.5. The van der Waals surface area contributed by atoms with Gasteiger partial charge in [0.1, 0.15) is 6.54 Å². The molecule has 0 atom stereocenters. The molecule has 0 spiro atoms. The summed E-state index contributed by atoms with van der Waals surface area (Å²) in [6.07, 6.45) is 1.05. The summed E-state index contributed by atoms with van der Waals surface area (Å²) in [5, 5.41) is 2.79. The van der Waals surface area contributed by atoms with Gasteiger partial charge < -0.3 is 24.6 Å². The van der Waals surface area contributed by atoms with Gasteiger partial charge in [-0.25, -0.2) is 8.42 Å². The molecule has 10 nitrogen and oxygen atoms in total. The lowest BCUT2D eigenvalue weighted by atomic mass is 10.1. The standard InChI is InChI=1S/C25H32N4O6S/c1-36(32,33)29(23-8-4-21(5-9-23)25(31)28-12-16-35-17-13-28)19-24(30)26-18-20-2-6-22(7-3-20)27-10-14-34-15-11-27/h2-9H,10-19H2,1H3,(H,26,30). The highest BCUT2D eigenvalue weighted by Crippen LogP contribution is 2.20. The second-order valence-corrected chi connectivity index (χ2v) is 10.7. The van der Waals surface area contributed by atoms with Gasteiger partial charge in [0.25, 0.3) is 5.91 Å². The third-order valence-corrected chi connectivity index (χ3v) is 7.33. The monoisotopic (exact) mass is 516 g/mol. The lowest BCUT2D eigenvalue weighted by molar-refractivity contribution is -0.119. The van der Waals surface area contributed by atoms with E-state index in [1.54, 1.807) is 29.2 Å². The van der Waals surface area contributed by atoms with Crippen LogP contribution < -0.4 is 14.5 Å². The molecule has 2 aliphatic heterocycles. The molecule has 36 heavy (non-hydrogen) atoms. The first-order chi connectivity index (χ1) is 17.3. The first kappa shape index (κ1) is 25.9. The van der Waals surface area contributed by atoms with Gasteiger partial charge in [-0.2, -0.15) is 0 Å². The number of carbonyl (C=O) groups excluding carboxylic acids is 2. The Morgan fingerprint density at radius 2 is 1.47 bits per heavy atom. The van der Waals surface area contributed by atoms with Crippen LogP contribution in [0.2, 0.25) is 0 Å². The molecule has 2 saturated heterocycles. The van der Waals surface area contributed by atoms with Crippen LogP contribution >= 0.6 is 0 Å². The lowest BCUT2D eigenvalue weighted by Gasteiger charge is -2.29. The molecule has 2 aromatic rings. The molecule has 1 N–H and O–H groups in total. The van der Waals surface area contributed by atoms with Crippen molar-refractivity contribution in [3.63, 3.8) is 0 Å². The molecule has 0 unspecified atom stereocenters. The molecule has 2 fully saturated rings. The van der Waals surface area contributed by atoms with Crippen molar-refractivity contribution in [2.75, 3.05) is 74.6 Å². The Hall–Kier alpha value is -3.15. The molecule has 0 aliphatic carbocycles. The van der Waals surface area contributed by atoms with Gasteiger partial charge in [-0.05, 0) is 42.0 Å². The van der Waals surface area contributed by atoms with E-state index in [2.05, 4.69) is 10.2 Å². The summed E-state index contributed by atoms with van der Waals surface area (Å²) in [5.41, 5.74) is 2.80. The van der Waals surface area contributed by atoms with Crippen molar-refractivity contribution in [2.24, 2.45) is 0 Å². The highest BCUT2D eigenvalue weighted by molar-refractivity contribution is 7.92. The number of benzene rings is 2. The Labute approximate surface area is 211 Å². The minimum Gasteiger partial charge on any atom is -0.378 e. The Bertz CT molecular complexity index is 1140. The second kappa shape index (κ2) is 11.7. The predicted octanol–water partition coefficient (Wildman–Crippen LogP) is 1.08. The van der Waals surface area contributed by atoms with Crippen molar-refractivity contribution >= 4 is 33.2 Å². The van der Waals surface area contributed by atoms with Crippen LogP contribution in [-0.2, 0) is 30.8 Å². The molecule has 2 amide bonds. The molecule has 2 aliphatic rings. The zero-order valence-electron chi connectivity index (χ0n) is 20.4. The zero-order valence-corrected chi connectivity index (χ0v) is 21.2. The van der Waals surface area contributed by atoms with E-state index < -0.39 is 15.9 Å². The molecule has 0 radical (unpaired) electrons. The summed E-state index contributed by atoms with van der Waals surface area (Å²) < 4.78 is 36.6. The van der Waals surface area contributed by atoms with Crippen LogP contribution in [0.5, 0.6) is 0 Å². The van der Waals surface area contributed by atoms with Gasteiger partial charge in [0, 0.05) is 44.0 Å². The summed E-state index contributed by atoms with van der Waals surface area (Å²) >= 11 is 0. The van der Waals surface area contributed by atoms with Crippen LogP contribution in [0.1, 0.15) is 15.9 Å². The Morgan fingerprint density at radius 1 is 0.889 bits per heavy atom. The van der Waals surface area contributed by atoms with Crippen molar-refractivity contribution in [1.29, 1.82) is 0 Å². The number of ether oxygens (including phenoxy) is 2. The minimum absolute atomic E-state index is 0.131. The van der Waals surface area contributed by atoms with E-state index in [4.69, 9.17) is 9.47 Å². The summed E-state index contributed by atoms with van der Waals surface area (Å²) in [6, 6.07) is 14.2. The van der Waals surface area contributed by atoms with Gasteiger partial charge >= 0.3 is 0 Å². The summed E-state index contributed by atoms with van der Waals surface area (Å²) in [7, 11) is -3.72. The quantitative estimate of drug-likeness (QED) is 0.559. The largest absolute Gasteiger partial charge is 0.378 e. The van der Waals surface area contributed by atoms with Crippen molar-refractivity contribution in [3.8, 4) is 0 Å². The molecule has 0 bridgehead atoms. The highest BCUT2D eigenvalue weighted by Gasteiger charge is 2.23. The van der Waals surface area contributed by atoms with Crippen LogP contribution in [0.25, 0.3) is 0 Å². The number of hydrogen-bond acceptors (Lipinski definition) is 7. The van der Waals surface area contributed by atoms with Crippen LogP contribution in [0.15, 0.2) is 48.5 Å². The van der Waals surface area contributed by atoms with Crippen molar-refractivity contribution in [1.82, 2.24) is 10.2 Å². The molecule has 2 heterocycles. The van der Waals surface area contributed by atoms with E-state index in [9.17, 15) is 18.0 Å². The van der Waals surface area contributed by atoms with Crippen LogP contribution in [0.4, 0.5) is 11.4 Å². The molecule has 4 rings (SSSR count). The maximum Gasteiger partial charge on any atom is 0.254 e. The molecule has 194 valence electrons. The van der Waals surface area contributed by atoms with Gasteiger partial charge in [-0.1, -0.05) is 12.1 Å². The first-order valence-electron chi connectivity index (χ1n) is 11.9. The van der Waals surface area contributed by atoms with Gasteiger partial charge in [0.05, 0.1) is 38.4 Å². The molecular weight excluding hydrogens is 484 g/mol. The highest BCUT2D eigenvalue weighted by atomic mass is 32.2. The number of carbonyl (C=O) groups is 2. The number of nitrogens with zero attached hydrogens (tertiary/aromatic N) is 3. The SMILES string of the molecule is CS(=O)(=O)N(CC(=O)NCc1ccc(N2CCOCC2)cc1)c1ccc(C(=O)N2CCOCC2)cc1. The Balaban J connectivity index is 1.35. The van der Waals surface area contributed by atoms with E-state index in [0.717, 1.165) is 34.9 Å². The number of anilines is 2. The number of morpholine rings is 2. The van der Waals surface area contributed by atoms with Gasteiger partial charge in [0.15, 0.2) is 0 Å². The third-order valence-electron chi connectivity index (χ3n) is 6.19. The van der Waals surface area contributed by atoms with Crippen molar-refractivity contribution in [3.05, 3.63) is 59.7 Å². The average Bonchev–Trinajstić information content (AvgIpc) is 2.91. The number of sulfonamides is 1. The average molecular weight is 517 g/mol. The number of nitrogens with one attached hydrogen (secondary N) is 1. The summed E-state index contributed by atoms with van der Waals surface area (Å²) in [6.45, 7) is 5.08. The van der Waals surface area contributed by atoms with E-state index in [-0.39, 0.29) is 19.0 Å². The van der Waals surface area contributed by atoms with E-state index in [0.29, 0.717) is 50.8 Å². The maximum absolute atomic E-state index is 12.7. The topological polar surface area (TPSA) is 108 Å². The Morgan fingerprint density at radius 3 is 2.06 bits per heavy atom. The summed E-state index contributed by atoms with van der Waals surface area (Å²) in [4.78, 5) is 29.2. The molecule has 11 heteroatoms. The fourth-order valence-corrected chi connectivity index (χ4v) is 5.01. The molecular formula is C25H32N4O6S. The van der Waals surface area contributed by atoms with Crippen LogP contribution in [0, 0.1) is 0 Å². The van der Waals surface area contributed by atoms with Gasteiger partial charge in [-0.3, -0.25) is 13.9 Å². The third kappa shape index (κ3) is 6.74. The van der Waals surface area contributed by atoms with E-state index in [1.165, 1.54) is 0 Å². The first-order valence-corrected chi connectivity index (χ1v) is 13.8. The van der Waals surface area contributed by atoms with Gasteiger partial charge in [-0.15, -0.1) is 0 Å². The van der Waals surface area contributed by atoms with Crippen LogP contribution in [-0.4, -0.2) is 90.5 Å². The molecule has 2 aromatic carbocycles.